The van der Waals surface area contributed by atoms with E-state index in [1.54, 1.807) is 12.1 Å². The lowest BCUT2D eigenvalue weighted by atomic mass is 10.1. The van der Waals surface area contributed by atoms with Gasteiger partial charge < -0.3 is 16.0 Å². The third-order valence-electron chi connectivity index (χ3n) is 3.18. The number of benzene rings is 1. The molecule has 0 saturated heterocycles. The second kappa shape index (κ2) is 8.21. The van der Waals surface area contributed by atoms with Gasteiger partial charge in [0, 0.05) is 11.9 Å². The number of rotatable bonds is 5. The van der Waals surface area contributed by atoms with Crippen LogP contribution >= 0.6 is 11.3 Å². The molecule has 24 heavy (non-hydrogen) atoms. The largest absolute Gasteiger partial charge is 0.351 e. The molecule has 0 fully saturated rings. The Morgan fingerprint density at radius 3 is 2.42 bits per heavy atom. The summed E-state index contributed by atoms with van der Waals surface area (Å²) in [5, 5.41) is 9.03. The molecule has 0 radical (unpaired) electrons. The number of thiophene rings is 1. The number of amides is 3. The van der Waals surface area contributed by atoms with Crippen LogP contribution in [-0.2, 0) is 14.4 Å². The molecule has 2 aromatic rings. The molecule has 0 bridgehead atoms. The predicted molar refractivity (Wildman–Crippen MR) is 87.8 cm³/mol. The fourth-order valence-corrected chi connectivity index (χ4v) is 2.80. The first-order chi connectivity index (χ1) is 11.5. The van der Waals surface area contributed by atoms with Crippen molar-refractivity contribution in [1.29, 1.82) is 0 Å². The first kappa shape index (κ1) is 17.6. The van der Waals surface area contributed by atoms with E-state index < -0.39 is 23.8 Å². The number of nitrogens with one attached hydrogen (secondary N) is 3. The third kappa shape index (κ3) is 4.63. The zero-order valence-electron chi connectivity index (χ0n) is 12.8. The zero-order valence-corrected chi connectivity index (χ0v) is 13.7. The first-order valence-corrected chi connectivity index (χ1v) is 7.97. The summed E-state index contributed by atoms with van der Waals surface area (Å²) in [5.74, 6) is -2.54. The van der Waals surface area contributed by atoms with Gasteiger partial charge in [-0.1, -0.05) is 18.2 Å². The van der Waals surface area contributed by atoms with E-state index in [-0.39, 0.29) is 12.4 Å². The molecule has 1 aromatic carbocycles. The second-order valence-corrected chi connectivity index (χ2v) is 5.81. The van der Waals surface area contributed by atoms with E-state index in [9.17, 15) is 18.8 Å². The molecule has 0 aliphatic carbocycles. The van der Waals surface area contributed by atoms with Crippen molar-refractivity contribution in [2.75, 3.05) is 13.6 Å². The monoisotopic (exact) mass is 349 g/mol. The molecule has 0 unspecified atom stereocenters. The molecule has 126 valence electrons. The number of carbonyl (C=O) groups excluding carboxylic acids is 3. The summed E-state index contributed by atoms with van der Waals surface area (Å²) in [5.41, 5.74) is 0.713. The summed E-state index contributed by atoms with van der Waals surface area (Å²) in [6.07, 6.45) is 0. The van der Waals surface area contributed by atoms with Crippen LogP contribution in [0.3, 0.4) is 0 Å². The minimum absolute atomic E-state index is 0.338. The van der Waals surface area contributed by atoms with Gasteiger partial charge in [-0.15, -0.1) is 11.3 Å². The van der Waals surface area contributed by atoms with Crippen LogP contribution in [0.1, 0.15) is 16.5 Å². The Bertz CT molecular complexity index is 717. The number of carbonyl (C=O) groups is 3. The summed E-state index contributed by atoms with van der Waals surface area (Å²) in [7, 11) is 1.32. The molecule has 0 aliphatic rings. The quantitative estimate of drug-likeness (QED) is 0.703. The van der Waals surface area contributed by atoms with Gasteiger partial charge >= 0.3 is 11.8 Å². The highest BCUT2D eigenvalue weighted by atomic mass is 32.1. The minimum atomic E-state index is -0.887. The molecule has 1 heterocycles. The van der Waals surface area contributed by atoms with Gasteiger partial charge in [0.1, 0.15) is 5.82 Å². The van der Waals surface area contributed by atoms with E-state index in [1.807, 2.05) is 17.5 Å². The Hall–Kier alpha value is -2.74. The van der Waals surface area contributed by atoms with Crippen LogP contribution in [0.2, 0.25) is 0 Å². The van der Waals surface area contributed by atoms with Crippen molar-refractivity contribution in [2.45, 2.75) is 6.04 Å². The van der Waals surface area contributed by atoms with Crippen molar-refractivity contribution in [3.8, 4) is 0 Å². The second-order valence-electron chi connectivity index (χ2n) is 4.83. The van der Waals surface area contributed by atoms with Gasteiger partial charge in [0.2, 0.25) is 5.91 Å². The van der Waals surface area contributed by atoms with Crippen molar-refractivity contribution in [3.05, 3.63) is 58.0 Å². The summed E-state index contributed by atoms with van der Waals surface area (Å²) in [4.78, 5) is 35.4. The van der Waals surface area contributed by atoms with E-state index >= 15 is 0 Å². The van der Waals surface area contributed by atoms with Gasteiger partial charge in [0.25, 0.3) is 0 Å². The topological polar surface area (TPSA) is 87.3 Å². The van der Waals surface area contributed by atoms with Crippen LogP contribution in [0.25, 0.3) is 0 Å². The van der Waals surface area contributed by atoms with Gasteiger partial charge in [-0.3, -0.25) is 14.4 Å². The third-order valence-corrected chi connectivity index (χ3v) is 4.12. The van der Waals surface area contributed by atoms with Crippen LogP contribution in [-0.4, -0.2) is 31.3 Å². The highest BCUT2D eigenvalue weighted by molar-refractivity contribution is 7.10. The first-order valence-electron chi connectivity index (χ1n) is 7.09. The minimum Gasteiger partial charge on any atom is -0.351 e. The van der Waals surface area contributed by atoms with Gasteiger partial charge in [0.15, 0.2) is 0 Å². The van der Waals surface area contributed by atoms with Crippen LogP contribution in [0.5, 0.6) is 0 Å². The van der Waals surface area contributed by atoms with Crippen molar-refractivity contribution in [2.24, 2.45) is 0 Å². The molecule has 8 heteroatoms. The highest BCUT2D eigenvalue weighted by Crippen LogP contribution is 2.26. The molecule has 0 spiro atoms. The van der Waals surface area contributed by atoms with Crippen molar-refractivity contribution in [1.82, 2.24) is 16.0 Å². The summed E-state index contributed by atoms with van der Waals surface area (Å²) in [6.45, 7) is -0.338. The Labute approximate surface area is 142 Å². The molecular weight excluding hydrogens is 333 g/mol. The molecule has 3 N–H and O–H groups in total. The normalized spacial score (nSPS) is 11.4. The van der Waals surface area contributed by atoms with Gasteiger partial charge in [-0.05, 0) is 29.1 Å². The number of halogens is 1. The SMILES string of the molecule is CNC(=O)C(=O)NCC(=O)N[C@H](c1ccc(F)cc1)c1cccs1. The number of hydrogen-bond acceptors (Lipinski definition) is 4. The molecule has 2 rings (SSSR count). The van der Waals surface area contributed by atoms with Crippen molar-refractivity contribution in [3.63, 3.8) is 0 Å². The predicted octanol–water partition coefficient (Wildman–Crippen LogP) is 0.955. The van der Waals surface area contributed by atoms with Gasteiger partial charge in [0.05, 0.1) is 12.6 Å². The smallest absolute Gasteiger partial charge is 0.309 e. The van der Waals surface area contributed by atoms with E-state index in [2.05, 4.69) is 16.0 Å². The highest BCUT2D eigenvalue weighted by Gasteiger charge is 2.19. The Morgan fingerprint density at radius 1 is 1.12 bits per heavy atom. The molecule has 1 aromatic heterocycles. The van der Waals surface area contributed by atoms with Gasteiger partial charge in [-0.25, -0.2) is 4.39 Å². The van der Waals surface area contributed by atoms with Crippen LogP contribution in [0, 0.1) is 5.82 Å². The molecule has 1 atom stereocenters. The number of hydrogen-bond donors (Lipinski definition) is 3. The maximum Gasteiger partial charge on any atom is 0.309 e. The van der Waals surface area contributed by atoms with Gasteiger partial charge in [-0.2, -0.15) is 0 Å². The standard InChI is InChI=1S/C16H16FN3O3S/c1-18-15(22)16(23)19-9-13(21)20-14(12-3-2-8-24-12)10-4-6-11(17)7-5-10/h2-8,14H,9H2,1H3,(H,18,22)(H,19,23)(H,20,21)/t14-/m1/s1. The maximum absolute atomic E-state index is 13.1. The lowest BCUT2D eigenvalue weighted by Crippen LogP contribution is -2.44. The van der Waals surface area contributed by atoms with Crippen molar-refractivity contribution >= 4 is 29.1 Å². The lowest BCUT2D eigenvalue weighted by Gasteiger charge is -2.18. The summed E-state index contributed by atoms with van der Waals surface area (Å²) in [6, 6.07) is 9.03. The van der Waals surface area contributed by atoms with E-state index in [1.165, 1.54) is 30.5 Å². The molecule has 0 saturated carbocycles. The molecule has 3 amide bonds. The Balaban J connectivity index is 2.06. The molecule has 0 aliphatic heterocycles. The zero-order chi connectivity index (χ0) is 17.5. The van der Waals surface area contributed by atoms with Crippen LogP contribution in [0.15, 0.2) is 41.8 Å². The van der Waals surface area contributed by atoms with E-state index in [0.29, 0.717) is 5.56 Å². The fourth-order valence-electron chi connectivity index (χ4n) is 2.00. The van der Waals surface area contributed by atoms with E-state index in [0.717, 1.165) is 4.88 Å². The molecular formula is C16H16FN3O3S. The van der Waals surface area contributed by atoms with Crippen LogP contribution in [0.4, 0.5) is 4.39 Å². The average Bonchev–Trinajstić information content (AvgIpc) is 3.12. The van der Waals surface area contributed by atoms with E-state index in [4.69, 9.17) is 0 Å². The van der Waals surface area contributed by atoms with Crippen LogP contribution < -0.4 is 16.0 Å². The summed E-state index contributed by atoms with van der Waals surface area (Å²) >= 11 is 1.45. The fraction of sp³-hybridized carbons (Fsp3) is 0.188. The summed E-state index contributed by atoms with van der Waals surface area (Å²) < 4.78 is 13.1. The Morgan fingerprint density at radius 2 is 1.83 bits per heavy atom. The molecule has 6 nitrogen and oxygen atoms in total. The number of likely N-dealkylation sites (N-methyl/N-ethyl adjacent to an activating group) is 1. The maximum atomic E-state index is 13.1. The van der Waals surface area contributed by atoms with Crippen molar-refractivity contribution < 1.29 is 18.8 Å². The lowest BCUT2D eigenvalue weighted by molar-refractivity contribution is -0.139. The average molecular weight is 349 g/mol. The Kier molecular flexibility index (Phi) is 6.02.